The quantitative estimate of drug-likeness (QED) is 0.599. The van der Waals surface area contributed by atoms with E-state index in [4.69, 9.17) is 4.74 Å². The highest BCUT2D eigenvalue weighted by atomic mass is 16.5. The lowest BCUT2D eigenvalue weighted by molar-refractivity contribution is 0.169. The Labute approximate surface area is 106 Å². The molecule has 0 amide bonds. The van der Waals surface area contributed by atoms with Crippen molar-refractivity contribution in [2.24, 2.45) is 4.99 Å². The number of amidine groups is 1. The van der Waals surface area contributed by atoms with Crippen LogP contribution in [-0.4, -0.2) is 45.0 Å². The number of fused-ring (bicyclic) bond motifs is 1. The lowest BCUT2D eigenvalue weighted by atomic mass is 9.64. The van der Waals surface area contributed by atoms with Crippen LogP contribution in [0.4, 0.5) is 0 Å². The fourth-order valence-electron chi connectivity index (χ4n) is 3.14. The van der Waals surface area contributed by atoms with Crippen LogP contribution in [0.2, 0.25) is 5.31 Å². The standard InChI is InChI=1S/C13H25BN2O/c1-13(14)8-5-4-6-10-11(7-9-13)17-12(15-2)16(10)3/h10-11H,4-9,14H2,1-3H3/b15-12+. The van der Waals surface area contributed by atoms with E-state index in [2.05, 4.69) is 31.7 Å². The molecule has 0 N–H and O–H groups in total. The summed E-state index contributed by atoms with van der Waals surface area (Å²) in [5, 5.41) is 0.475. The first kappa shape index (κ1) is 12.8. The minimum absolute atomic E-state index is 0.357. The number of aliphatic imine (C=N–C) groups is 1. The van der Waals surface area contributed by atoms with E-state index in [1.165, 1.54) is 38.5 Å². The average molecular weight is 236 g/mol. The summed E-state index contributed by atoms with van der Waals surface area (Å²) in [6, 6.07) is 1.38. The molecule has 2 fully saturated rings. The van der Waals surface area contributed by atoms with Gasteiger partial charge < -0.3 is 9.64 Å². The van der Waals surface area contributed by atoms with Crippen molar-refractivity contribution in [1.82, 2.24) is 4.90 Å². The molecule has 17 heavy (non-hydrogen) atoms. The molecule has 0 aromatic rings. The van der Waals surface area contributed by atoms with Crippen molar-refractivity contribution in [3.8, 4) is 0 Å². The molecule has 3 atom stereocenters. The van der Waals surface area contributed by atoms with Crippen molar-refractivity contribution in [2.75, 3.05) is 14.1 Å². The van der Waals surface area contributed by atoms with Gasteiger partial charge in [-0.25, -0.2) is 4.99 Å². The van der Waals surface area contributed by atoms with Crippen LogP contribution < -0.4 is 0 Å². The highest BCUT2D eigenvalue weighted by Gasteiger charge is 2.38. The average Bonchev–Trinajstić information content (AvgIpc) is 2.61. The van der Waals surface area contributed by atoms with Crippen LogP contribution >= 0.6 is 0 Å². The molecule has 0 bridgehead atoms. The lowest BCUT2D eigenvalue weighted by Gasteiger charge is -2.25. The Morgan fingerprint density at radius 2 is 2.12 bits per heavy atom. The zero-order valence-corrected chi connectivity index (χ0v) is 11.7. The molecule has 2 rings (SSSR count). The molecule has 2 aliphatic rings. The van der Waals surface area contributed by atoms with Crippen LogP contribution in [0.15, 0.2) is 4.99 Å². The lowest BCUT2D eigenvalue weighted by Crippen LogP contribution is -2.33. The summed E-state index contributed by atoms with van der Waals surface area (Å²) >= 11 is 0. The van der Waals surface area contributed by atoms with Crippen LogP contribution in [0.3, 0.4) is 0 Å². The molecule has 1 saturated heterocycles. The van der Waals surface area contributed by atoms with Gasteiger partial charge in [-0.15, -0.1) is 0 Å². The van der Waals surface area contributed by atoms with Gasteiger partial charge in [0.05, 0.1) is 6.04 Å². The first-order chi connectivity index (χ1) is 8.03. The highest BCUT2D eigenvalue weighted by Crippen LogP contribution is 2.39. The maximum Gasteiger partial charge on any atom is 0.287 e. The van der Waals surface area contributed by atoms with Gasteiger partial charge in [0.1, 0.15) is 14.0 Å². The first-order valence-corrected chi connectivity index (χ1v) is 6.90. The maximum atomic E-state index is 5.99. The summed E-state index contributed by atoms with van der Waals surface area (Å²) in [6.45, 7) is 2.39. The molecule has 1 saturated carbocycles. The Morgan fingerprint density at radius 1 is 1.35 bits per heavy atom. The molecule has 3 unspecified atom stereocenters. The number of ether oxygens (including phenoxy) is 1. The highest BCUT2D eigenvalue weighted by molar-refractivity contribution is 6.14. The molecule has 3 nitrogen and oxygen atoms in total. The van der Waals surface area contributed by atoms with E-state index >= 15 is 0 Å². The summed E-state index contributed by atoms with van der Waals surface area (Å²) < 4.78 is 5.99. The van der Waals surface area contributed by atoms with E-state index < -0.39 is 0 Å². The minimum atomic E-state index is 0.357. The smallest absolute Gasteiger partial charge is 0.287 e. The second kappa shape index (κ2) is 4.91. The van der Waals surface area contributed by atoms with Crippen LogP contribution in [0.5, 0.6) is 0 Å². The van der Waals surface area contributed by atoms with Gasteiger partial charge in [-0.05, 0) is 12.8 Å². The van der Waals surface area contributed by atoms with E-state index in [0.29, 0.717) is 17.5 Å². The third-order valence-electron chi connectivity index (χ3n) is 4.39. The Bertz CT molecular complexity index is 304. The molecule has 0 spiro atoms. The largest absolute Gasteiger partial charge is 0.460 e. The zero-order valence-electron chi connectivity index (χ0n) is 11.7. The van der Waals surface area contributed by atoms with Crippen LogP contribution in [-0.2, 0) is 4.74 Å². The van der Waals surface area contributed by atoms with Gasteiger partial charge in [-0.1, -0.05) is 37.9 Å². The van der Waals surface area contributed by atoms with Gasteiger partial charge in [0.25, 0.3) is 6.02 Å². The third-order valence-corrected chi connectivity index (χ3v) is 4.39. The molecule has 1 heterocycles. The third kappa shape index (κ3) is 2.78. The van der Waals surface area contributed by atoms with Gasteiger partial charge in [0.2, 0.25) is 0 Å². The maximum absolute atomic E-state index is 5.99. The van der Waals surface area contributed by atoms with Gasteiger partial charge in [0.15, 0.2) is 0 Å². The van der Waals surface area contributed by atoms with Crippen LogP contribution in [0, 0.1) is 0 Å². The summed E-state index contributed by atoms with van der Waals surface area (Å²) in [5.41, 5.74) is 0. The van der Waals surface area contributed by atoms with E-state index in [-0.39, 0.29) is 0 Å². The SMILES string of the molecule is BC1(C)CCCCC2C(CC1)O/C(=N/C)N2C. The fraction of sp³-hybridized carbons (Fsp3) is 0.923. The molecular formula is C13H25BN2O. The van der Waals surface area contributed by atoms with Crippen molar-refractivity contribution in [1.29, 1.82) is 0 Å². The molecule has 4 heteroatoms. The molecule has 96 valence electrons. The number of rotatable bonds is 0. The van der Waals surface area contributed by atoms with E-state index in [1.807, 2.05) is 7.05 Å². The van der Waals surface area contributed by atoms with Crippen LogP contribution in [0.1, 0.15) is 45.4 Å². The monoisotopic (exact) mass is 236 g/mol. The normalized spacial score (nSPS) is 41.4. The predicted octanol–water partition coefficient (Wildman–Crippen LogP) is 1.84. The van der Waals surface area contributed by atoms with Gasteiger partial charge in [0, 0.05) is 14.1 Å². The molecule has 1 aliphatic heterocycles. The van der Waals surface area contributed by atoms with Crippen molar-refractivity contribution in [3.63, 3.8) is 0 Å². The number of likely N-dealkylation sites (N-methyl/N-ethyl adjacent to an activating group) is 1. The molecule has 0 aromatic heterocycles. The topological polar surface area (TPSA) is 24.8 Å². The summed E-state index contributed by atoms with van der Waals surface area (Å²) in [6.07, 6.45) is 8.05. The fourth-order valence-corrected chi connectivity index (χ4v) is 3.14. The summed E-state index contributed by atoms with van der Waals surface area (Å²) in [4.78, 5) is 6.47. The number of nitrogens with zero attached hydrogens (tertiary/aromatic N) is 2. The predicted molar refractivity (Wildman–Crippen MR) is 74.4 cm³/mol. The Morgan fingerprint density at radius 3 is 2.82 bits per heavy atom. The minimum Gasteiger partial charge on any atom is -0.460 e. The van der Waals surface area contributed by atoms with Gasteiger partial charge in [-0.2, -0.15) is 0 Å². The van der Waals surface area contributed by atoms with Crippen molar-refractivity contribution < 1.29 is 4.74 Å². The number of hydrogen-bond donors (Lipinski definition) is 0. The molecule has 0 aromatic carbocycles. The second-order valence-electron chi connectivity index (χ2n) is 6.29. The van der Waals surface area contributed by atoms with E-state index in [0.717, 1.165) is 6.02 Å². The summed E-state index contributed by atoms with van der Waals surface area (Å²) in [5.74, 6) is 0. The van der Waals surface area contributed by atoms with Crippen molar-refractivity contribution in [2.45, 2.75) is 62.9 Å². The molecule has 1 aliphatic carbocycles. The van der Waals surface area contributed by atoms with E-state index in [1.54, 1.807) is 0 Å². The Kier molecular flexibility index (Phi) is 3.69. The van der Waals surface area contributed by atoms with E-state index in [9.17, 15) is 0 Å². The first-order valence-electron chi connectivity index (χ1n) is 6.90. The Balaban J connectivity index is 2.09. The number of hydrogen-bond acceptors (Lipinski definition) is 2. The summed E-state index contributed by atoms with van der Waals surface area (Å²) in [7, 11) is 6.33. The van der Waals surface area contributed by atoms with Gasteiger partial charge >= 0.3 is 0 Å². The van der Waals surface area contributed by atoms with Crippen LogP contribution in [0.25, 0.3) is 0 Å². The van der Waals surface area contributed by atoms with Crippen molar-refractivity contribution >= 4 is 13.9 Å². The Hall–Kier alpha value is -0.665. The molecular weight excluding hydrogens is 211 g/mol. The zero-order chi connectivity index (χ0) is 12.5. The molecule has 0 radical (unpaired) electrons. The van der Waals surface area contributed by atoms with Crippen molar-refractivity contribution in [3.05, 3.63) is 0 Å². The van der Waals surface area contributed by atoms with Gasteiger partial charge in [-0.3, -0.25) is 0 Å². The second-order valence-corrected chi connectivity index (χ2v) is 6.29.